The first-order valence-electron chi connectivity index (χ1n) is 5.47. The van der Waals surface area contributed by atoms with Gasteiger partial charge in [0.15, 0.2) is 0 Å². The van der Waals surface area contributed by atoms with Crippen LogP contribution in [0.5, 0.6) is 0 Å². The second-order valence-corrected chi connectivity index (χ2v) is 5.19. The Morgan fingerprint density at radius 3 is 3.07 bits per heavy atom. The van der Waals surface area contributed by atoms with Gasteiger partial charge in [-0.2, -0.15) is 0 Å². The minimum Gasteiger partial charge on any atom is -0.309 e. The average Bonchev–Trinajstić information content (AvgIpc) is 2.69. The van der Waals surface area contributed by atoms with E-state index in [1.807, 2.05) is 11.7 Å². The molecule has 1 heterocycles. The molecule has 2 atom stereocenters. The zero-order chi connectivity index (χ0) is 9.80. The van der Waals surface area contributed by atoms with Crippen molar-refractivity contribution in [1.29, 1.82) is 0 Å². The maximum atomic E-state index is 4.08. The third-order valence-electron chi connectivity index (χ3n) is 3.13. The lowest BCUT2D eigenvalue weighted by molar-refractivity contribution is 0.280. The maximum absolute atomic E-state index is 4.08. The Morgan fingerprint density at radius 2 is 2.36 bits per heavy atom. The zero-order valence-corrected chi connectivity index (χ0v) is 9.52. The second kappa shape index (κ2) is 4.89. The largest absolute Gasteiger partial charge is 0.309 e. The summed E-state index contributed by atoms with van der Waals surface area (Å²) in [5.41, 5.74) is 1.90. The van der Waals surface area contributed by atoms with Gasteiger partial charge >= 0.3 is 0 Å². The van der Waals surface area contributed by atoms with Crippen LogP contribution in [-0.4, -0.2) is 11.0 Å². The van der Waals surface area contributed by atoms with Gasteiger partial charge in [0.2, 0.25) is 0 Å². The van der Waals surface area contributed by atoms with E-state index in [0.717, 1.165) is 18.5 Å². The number of rotatable bonds is 3. The number of nitrogens with one attached hydrogen (secondary N) is 1. The summed E-state index contributed by atoms with van der Waals surface area (Å²) in [5, 5.41) is 3.64. The molecule has 0 aromatic carbocycles. The van der Waals surface area contributed by atoms with E-state index in [4.69, 9.17) is 0 Å². The van der Waals surface area contributed by atoms with E-state index in [1.54, 1.807) is 11.3 Å². The van der Waals surface area contributed by atoms with Gasteiger partial charge < -0.3 is 5.32 Å². The van der Waals surface area contributed by atoms with Crippen LogP contribution < -0.4 is 5.32 Å². The van der Waals surface area contributed by atoms with Crippen LogP contribution in [0.25, 0.3) is 0 Å². The van der Waals surface area contributed by atoms with E-state index < -0.39 is 0 Å². The van der Waals surface area contributed by atoms with E-state index in [9.17, 15) is 0 Å². The van der Waals surface area contributed by atoms with E-state index >= 15 is 0 Å². The maximum Gasteiger partial charge on any atom is 0.0794 e. The quantitative estimate of drug-likeness (QED) is 0.830. The minimum absolute atomic E-state index is 0.728. The first-order valence-corrected chi connectivity index (χ1v) is 6.35. The SMILES string of the molecule is C[C@H]1CCCC[C@@H]1NCc1cncs1. The summed E-state index contributed by atoms with van der Waals surface area (Å²) in [6, 6.07) is 0.728. The fraction of sp³-hybridized carbons (Fsp3) is 0.727. The highest BCUT2D eigenvalue weighted by atomic mass is 32.1. The smallest absolute Gasteiger partial charge is 0.0794 e. The second-order valence-electron chi connectivity index (χ2n) is 4.22. The summed E-state index contributed by atoms with van der Waals surface area (Å²) in [7, 11) is 0. The number of hydrogen-bond donors (Lipinski definition) is 1. The van der Waals surface area contributed by atoms with Gasteiger partial charge in [-0.05, 0) is 18.8 Å². The van der Waals surface area contributed by atoms with E-state index in [-0.39, 0.29) is 0 Å². The molecule has 1 aromatic heterocycles. The molecule has 0 aliphatic heterocycles. The molecule has 1 fully saturated rings. The summed E-state index contributed by atoms with van der Waals surface area (Å²) in [6.07, 6.45) is 7.51. The molecule has 3 heteroatoms. The van der Waals surface area contributed by atoms with Crippen molar-refractivity contribution in [1.82, 2.24) is 10.3 Å². The molecular formula is C11H18N2S. The lowest BCUT2D eigenvalue weighted by Crippen LogP contribution is -2.36. The summed E-state index contributed by atoms with van der Waals surface area (Å²) >= 11 is 1.74. The fourth-order valence-corrected chi connectivity index (χ4v) is 2.73. The predicted octanol–water partition coefficient (Wildman–Crippen LogP) is 2.81. The number of hydrogen-bond acceptors (Lipinski definition) is 3. The van der Waals surface area contributed by atoms with Gasteiger partial charge in [0.25, 0.3) is 0 Å². The molecular weight excluding hydrogens is 192 g/mol. The molecule has 2 nitrogen and oxygen atoms in total. The van der Waals surface area contributed by atoms with Crippen LogP contribution in [0.3, 0.4) is 0 Å². The van der Waals surface area contributed by atoms with Crippen molar-refractivity contribution in [3.8, 4) is 0 Å². The van der Waals surface area contributed by atoms with Gasteiger partial charge in [-0.15, -0.1) is 11.3 Å². The third-order valence-corrected chi connectivity index (χ3v) is 3.91. The third kappa shape index (κ3) is 2.55. The molecule has 0 bridgehead atoms. The Bertz CT molecular complexity index is 258. The highest BCUT2D eigenvalue weighted by Crippen LogP contribution is 2.24. The molecule has 1 N–H and O–H groups in total. The van der Waals surface area contributed by atoms with E-state index in [2.05, 4.69) is 17.2 Å². The molecule has 0 spiro atoms. The van der Waals surface area contributed by atoms with Gasteiger partial charge in [-0.3, -0.25) is 4.98 Å². The Kier molecular flexibility index (Phi) is 3.54. The van der Waals surface area contributed by atoms with Crippen molar-refractivity contribution in [2.24, 2.45) is 5.92 Å². The molecule has 0 unspecified atom stereocenters. The van der Waals surface area contributed by atoms with Crippen molar-refractivity contribution in [3.63, 3.8) is 0 Å². The molecule has 2 rings (SSSR count). The van der Waals surface area contributed by atoms with Crippen molar-refractivity contribution >= 4 is 11.3 Å². The van der Waals surface area contributed by atoms with Crippen molar-refractivity contribution in [3.05, 3.63) is 16.6 Å². The molecule has 1 saturated carbocycles. The number of aromatic nitrogens is 1. The Labute approximate surface area is 89.8 Å². The van der Waals surface area contributed by atoms with Gasteiger partial charge in [-0.25, -0.2) is 0 Å². The van der Waals surface area contributed by atoms with Crippen molar-refractivity contribution in [2.75, 3.05) is 0 Å². The Balaban J connectivity index is 1.79. The fourth-order valence-electron chi connectivity index (χ4n) is 2.18. The monoisotopic (exact) mass is 210 g/mol. The number of thiazole rings is 1. The van der Waals surface area contributed by atoms with Crippen molar-refractivity contribution < 1.29 is 0 Å². The average molecular weight is 210 g/mol. The highest BCUT2D eigenvalue weighted by molar-refractivity contribution is 7.09. The molecule has 1 aromatic rings. The summed E-state index contributed by atoms with van der Waals surface area (Å²) < 4.78 is 0. The molecule has 0 radical (unpaired) electrons. The van der Waals surface area contributed by atoms with Crippen LogP contribution in [0.15, 0.2) is 11.7 Å². The molecule has 78 valence electrons. The van der Waals surface area contributed by atoms with Crippen molar-refractivity contribution in [2.45, 2.75) is 45.2 Å². The topological polar surface area (TPSA) is 24.9 Å². The molecule has 1 aliphatic rings. The normalized spacial score (nSPS) is 27.8. The van der Waals surface area contributed by atoms with Gasteiger partial charge in [-0.1, -0.05) is 19.8 Å². The van der Waals surface area contributed by atoms with Crippen LogP contribution >= 0.6 is 11.3 Å². The van der Waals surface area contributed by atoms with E-state index in [1.165, 1.54) is 30.6 Å². The molecule has 1 aliphatic carbocycles. The van der Waals surface area contributed by atoms with Crippen LogP contribution in [0.1, 0.15) is 37.5 Å². The zero-order valence-electron chi connectivity index (χ0n) is 8.70. The minimum atomic E-state index is 0.728. The lowest BCUT2D eigenvalue weighted by atomic mass is 9.86. The highest BCUT2D eigenvalue weighted by Gasteiger charge is 2.20. The van der Waals surface area contributed by atoms with Crippen LogP contribution in [0.2, 0.25) is 0 Å². The molecule has 0 amide bonds. The first kappa shape index (κ1) is 10.1. The summed E-state index contributed by atoms with van der Waals surface area (Å²) in [4.78, 5) is 5.43. The Morgan fingerprint density at radius 1 is 1.50 bits per heavy atom. The van der Waals surface area contributed by atoms with Crippen LogP contribution in [0.4, 0.5) is 0 Å². The standard InChI is InChI=1S/C11H18N2S/c1-9-4-2-3-5-11(9)13-7-10-6-12-8-14-10/h6,8-9,11,13H,2-5,7H2,1H3/t9-,11-/m0/s1. The molecule has 14 heavy (non-hydrogen) atoms. The lowest BCUT2D eigenvalue weighted by Gasteiger charge is -2.29. The molecule has 0 saturated heterocycles. The van der Waals surface area contributed by atoms with Gasteiger partial charge in [0.1, 0.15) is 0 Å². The first-order chi connectivity index (χ1) is 6.86. The van der Waals surface area contributed by atoms with Crippen LogP contribution in [-0.2, 0) is 6.54 Å². The Hall–Kier alpha value is -0.410. The summed E-state index contributed by atoms with van der Waals surface area (Å²) in [6.45, 7) is 3.36. The predicted molar refractivity (Wildman–Crippen MR) is 60.4 cm³/mol. The van der Waals surface area contributed by atoms with Crippen LogP contribution in [0, 0.1) is 5.92 Å². The number of nitrogens with zero attached hydrogens (tertiary/aromatic N) is 1. The summed E-state index contributed by atoms with van der Waals surface area (Å²) in [5.74, 6) is 0.844. The van der Waals surface area contributed by atoms with Gasteiger partial charge in [0.05, 0.1) is 5.51 Å². The van der Waals surface area contributed by atoms with E-state index in [0.29, 0.717) is 0 Å². The van der Waals surface area contributed by atoms with Gasteiger partial charge in [0, 0.05) is 23.7 Å².